The molecule has 1 aromatic rings. The molecular formula is C6H6BrF2N3O2S. The number of rotatable bonds is 2. The summed E-state index contributed by atoms with van der Waals surface area (Å²) < 4.78 is 46.7. The molecule has 0 unspecified atom stereocenters. The summed E-state index contributed by atoms with van der Waals surface area (Å²) in [4.78, 5) is 2.80. The van der Waals surface area contributed by atoms with Crippen LogP contribution in [-0.4, -0.2) is 13.4 Å². The molecule has 15 heavy (non-hydrogen) atoms. The third kappa shape index (κ3) is 2.61. The summed E-state index contributed by atoms with van der Waals surface area (Å²) in [7, 11) is -4.14. The monoisotopic (exact) mass is 301 g/mol. The van der Waals surface area contributed by atoms with E-state index in [2.05, 4.69) is 20.9 Å². The van der Waals surface area contributed by atoms with Gasteiger partial charge in [0, 0.05) is 0 Å². The van der Waals surface area contributed by atoms with Crippen LogP contribution in [-0.2, 0) is 10.0 Å². The van der Waals surface area contributed by atoms with Crippen LogP contribution in [0.1, 0.15) is 12.1 Å². The third-order valence-corrected chi connectivity index (χ3v) is 2.89. The third-order valence-electron chi connectivity index (χ3n) is 1.53. The topological polar surface area (TPSA) is 99.1 Å². The lowest BCUT2D eigenvalue weighted by molar-refractivity contribution is 0.146. The molecule has 0 bridgehead atoms. The highest BCUT2D eigenvalue weighted by molar-refractivity contribution is 9.10. The predicted octanol–water partition coefficient (Wildman–Crippen LogP) is 1.01. The zero-order valence-electron chi connectivity index (χ0n) is 7.12. The van der Waals surface area contributed by atoms with E-state index in [9.17, 15) is 17.2 Å². The van der Waals surface area contributed by atoms with E-state index in [0.29, 0.717) is 0 Å². The number of anilines is 1. The number of alkyl halides is 2. The molecule has 0 aliphatic carbocycles. The fourth-order valence-corrected chi connectivity index (χ4v) is 2.18. The predicted molar refractivity (Wildman–Crippen MR) is 52.7 cm³/mol. The Bertz CT molecular complexity index is 491. The Kier molecular flexibility index (Phi) is 3.26. The summed E-state index contributed by atoms with van der Waals surface area (Å²) >= 11 is 2.79. The van der Waals surface area contributed by atoms with Gasteiger partial charge in [-0.2, -0.15) is 0 Å². The van der Waals surface area contributed by atoms with Crippen LogP contribution in [0.3, 0.4) is 0 Å². The maximum atomic E-state index is 12.4. The molecule has 0 aliphatic heterocycles. The number of pyridine rings is 1. The van der Waals surface area contributed by atoms with E-state index in [1.54, 1.807) is 0 Å². The molecule has 1 aromatic heterocycles. The second kappa shape index (κ2) is 3.99. The molecule has 1 rings (SSSR count). The molecule has 0 radical (unpaired) electrons. The van der Waals surface area contributed by atoms with E-state index < -0.39 is 32.7 Å². The van der Waals surface area contributed by atoms with E-state index >= 15 is 0 Å². The van der Waals surface area contributed by atoms with Crippen molar-refractivity contribution in [3.63, 3.8) is 0 Å². The van der Waals surface area contributed by atoms with Gasteiger partial charge in [0.2, 0.25) is 10.0 Å². The Balaban J connectivity index is 3.56. The molecule has 0 aliphatic rings. The SMILES string of the molecule is Nc1c(S(N)(=O)=O)cc(Br)nc1C(F)F. The van der Waals surface area contributed by atoms with Gasteiger partial charge < -0.3 is 5.73 Å². The summed E-state index contributed by atoms with van der Waals surface area (Å²) in [5, 5.41) is 4.79. The minimum Gasteiger partial charge on any atom is -0.396 e. The van der Waals surface area contributed by atoms with Crippen molar-refractivity contribution < 1.29 is 17.2 Å². The van der Waals surface area contributed by atoms with E-state index in [4.69, 9.17) is 10.9 Å². The Labute approximate surface area is 92.7 Å². The average molecular weight is 302 g/mol. The van der Waals surface area contributed by atoms with Crippen LogP contribution in [0.25, 0.3) is 0 Å². The molecule has 5 nitrogen and oxygen atoms in total. The highest BCUT2D eigenvalue weighted by Crippen LogP contribution is 2.30. The standard InChI is InChI=1S/C6H6BrF2N3O2S/c7-3-1-2(15(11,13)14)4(10)5(12-3)6(8)9/h1,6H,10H2,(H2,11,13,14). The second-order valence-electron chi connectivity index (χ2n) is 2.59. The average Bonchev–Trinajstić information content (AvgIpc) is 2.06. The summed E-state index contributed by atoms with van der Waals surface area (Å²) in [6, 6.07) is 0.969. The van der Waals surface area contributed by atoms with Crippen molar-refractivity contribution in [2.24, 2.45) is 5.14 Å². The molecule has 4 N–H and O–H groups in total. The number of sulfonamides is 1. The van der Waals surface area contributed by atoms with Crippen LogP contribution in [0.15, 0.2) is 15.6 Å². The van der Waals surface area contributed by atoms with Crippen molar-refractivity contribution in [3.05, 3.63) is 16.4 Å². The highest BCUT2D eigenvalue weighted by atomic mass is 79.9. The number of hydrogen-bond donors (Lipinski definition) is 2. The maximum absolute atomic E-state index is 12.4. The first-order valence-electron chi connectivity index (χ1n) is 3.50. The molecule has 0 fully saturated rings. The fourth-order valence-electron chi connectivity index (χ4n) is 0.921. The molecule has 0 aromatic carbocycles. The number of nitrogens with two attached hydrogens (primary N) is 2. The van der Waals surface area contributed by atoms with E-state index in [1.807, 2.05) is 0 Å². The molecule has 0 atom stereocenters. The Morgan fingerprint density at radius 3 is 2.40 bits per heavy atom. The van der Waals surface area contributed by atoms with Crippen molar-refractivity contribution in [2.45, 2.75) is 11.3 Å². The normalized spacial score (nSPS) is 12.1. The van der Waals surface area contributed by atoms with Crippen LogP contribution >= 0.6 is 15.9 Å². The Morgan fingerprint density at radius 1 is 1.47 bits per heavy atom. The first-order valence-corrected chi connectivity index (χ1v) is 5.84. The van der Waals surface area contributed by atoms with Crippen LogP contribution in [0.4, 0.5) is 14.5 Å². The van der Waals surface area contributed by atoms with Gasteiger partial charge in [0.1, 0.15) is 15.2 Å². The first kappa shape index (κ1) is 12.3. The molecule has 84 valence electrons. The number of aromatic nitrogens is 1. The lowest BCUT2D eigenvalue weighted by atomic mass is 10.3. The van der Waals surface area contributed by atoms with Crippen molar-refractivity contribution in [1.82, 2.24) is 4.98 Å². The Morgan fingerprint density at radius 2 is 2.00 bits per heavy atom. The quantitative estimate of drug-likeness (QED) is 0.796. The van der Waals surface area contributed by atoms with Gasteiger partial charge in [-0.3, -0.25) is 0 Å². The second-order valence-corrected chi connectivity index (χ2v) is 4.93. The molecule has 0 spiro atoms. The highest BCUT2D eigenvalue weighted by Gasteiger charge is 2.22. The number of nitrogen functional groups attached to an aromatic ring is 1. The van der Waals surface area contributed by atoms with Gasteiger partial charge in [-0.1, -0.05) is 0 Å². The van der Waals surface area contributed by atoms with Gasteiger partial charge in [-0.05, 0) is 22.0 Å². The van der Waals surface area contributed by atoms with Crippen molar-refractivity contribution >= 4 is 31.6 Å². The fraction of sp³-hybridized carbons (Fsp3) is 0.167. The minimum absolute atomic E-state index is 0.0731. The van der Waals surface area contributed by atoms with Gasteiger partial charge in [0.25, 0.3) is 6.43 Å². The van der Waals surface area contributed by atoms with E-state index in [1.165, 1.54) is 0 Å². The van der Waals surface area contributed by atoms with Crippen molar-refractivity contribution in [1.29, 1.82) is 0 Å². The van der Waals surface area contributed by atoms with Gasteiger partial charge in [-0.25, -0.2) is 27.3 Å². The van der Waals surface area contributed by atoms with E-state index in [0.717, 1.165) is 6.07 Å². The Hall–Kier alpha value is -0.800. The van der Waals surface area contributed by atoms with Crippen LogP contribution < -0.4 is 10.9 Å². The molecule has 0 saturated heterocycles. The summed E-state index contributed by atoms with van der Waals surface area (Å²) in [5.41, 5.74) is 3.78. The summed E-state index contributed by atoms with van der Waals surface area (Å²) in [5.74, 6) is 0. The number of halogens is 3. The van der Waals surface area contributed by atoms with Gasteiger partial charge in [-0.15, -0.1) is 0 Å². The summed E-state index contributed by atoms with van der Waals surface area (Å²) in [6.07, 6.45) is -2.97. The smallest absolute Gasteiger partial charge is 0.282 e. The molecule has 1 heterocycles. The number of hydrogen-bond acceptors (Lipinski definition) is 4. The maximum Gasteiger partial charge on any atom is 0.282 e. The van der Waals surface area contributed by atoms with Crippen LogP contribution in [0.5, 0.6) is 0 Å². The van der Waals surface area contributed by atoms with Gasteiger partial charge in [0.15, 0.2) is 0 Å². The zero-order chi connectivity index (χ0) is 11.8. The number of primary sulfonamides is 1. The lowest BCUT2D eigenvalue weighted by Crippen LogP contribution is -2.16. The lowest BCUT2D eigenvalue weighted by Gasteiger charge is -2.08. The van der Waals surface area contributed by atoms with Crippen molar-refractivity contribution in [2.75, 3.05) is 5.73 Å². The first-order chi connectivity index (χ1) is 6.73. The van der Waals surface area contributed by atoms with Gasteiger partial charge in [0.05, 0.1) is 5.69 Å². The molecule has 0 saturated carbocycles. The molecular weight excluding hydrogens is 296 g/mol. The van der Waals surface area contributed by atoms with Crippen LogP contribution in [0, 0.1) is 0 Å². The van der Waals surface area contributed by atoms with Crippen LogP contribution in [0.2, 0.25) is 0 Å². The summed E-state index contributed by atoms with van der Waals surface area (Å²) in [6.45, 7) is 0. The largest absolute Gasteiger partial charge is 0.396 e. The van der Waals surface area contributed by atoms with Gasteiger partial charge >= 0.3 is 0 Å². The molecule has 0 amide bonds. The zero-order valence-corrected chi connectivity index (χ0v) is 9.52. The number of nitrogens with zero attached hydrogens (tertiary/aromatic N) is 1. The van der Waals surface area contributed by atoms with E-state index in [-0.39, 0.29) is 4.60 Å². The molecule has 9 heteroatoms. The minimum atomic E-state index is -4.14. The van der Waals surface area contributed by atoms with Crippen molar-refractivity contribution in [3.8, 4) is 0 Å².